The topological polar surface area (TPSA) is 81.8 Å². The van der Waals surface area contributed by atoms with E-state index in [1.165, 1.54) is 17.7 Å². The summed E-state index contributed by atoms with van der Waals surface area (Å²) < 4.78 is 0. The van der Waals surface area contributed by atoms with Gasteiger partial charge in [-0.3, -0.25) is 14.5 Å². The Labute approximate surface area is 190 Å². The summed E-state index contributed by atoms with van der Waals surface area (Å²) in [6.45, 7) is 6.46. The van der Waals surface area contributed by atoms with Crippen LogP contribution in [0.15, 0.2) is 30.3 Å². The van der Waals surface area contributed by atoms with E-state index >= 15 is 0 Å². The molecule has 32 heavy (non-hydrogen) atoms. The first-order chi connectivity index (χ1) is 15.5. The predicted molar refractivity (Wildman–Crippen MR) is 123 cm³/mol. The average Bonchev–Trinajstić information content (AvgIpc) is 2.80. The van der Waals surface area contributed by atoms with Crippen molar-refractivity contribution < 1.29 is 14.4 Å². The molecule has 7 nitrogen and oxygen atoms in total. The van der Waals surface area contributed by atoms with E-state index in [-0.39, 0.29) is 35.7 Å². The number of amides is 4. The van der Waals surface area contributed by atoms with Crippen molar-refractivity contribution >= 4 is 17.8 Å². The van der Waals surface area contributed by atoms with Gasteiger partial charge >= 0.3 is 6.03 Å². The van der Waals surface area contributed by atoms with E-state index in [2.05, 4.69) is 22.5 Å². The first-order valence-corrected chi connectivity index (χ1v) is 12.2. The van der Waals surface area contributed by atoms with Gasteiger partial charge in [-0.25, -0.2) is 4.79 Å². The minimum Gasteiger partial charge on any atom is -0.355 e. The standard InChI is InChI=1S/C25H36N4O3/c1-18-9-13-28(14-10-18)16-12-26-23(30)20-7-8-21-22(17-20)27-25(32)29(24(21)31)15-11-19-5-3-2-4-6-19/h2-6,18,20-22H,7-17H2,1H3,(H,26,30)(H,27,32). The molecule has 1 saturated carbocycles. The minimum atomic E-state index is -0.326. The SMILES string of the molecule is CC1CCN(CCNC(=O)C2CCC3C(=O)N(CCc4ccccc4)C(=O)NC3C2)CC1. The Morgan fingerprint density at radius 3 is 2.56 bits per heavy atom. The number of piperidine rings is 1. The highest BCUT2D eigenvalue weighted by atomic mass is 16.2. The van der Waals surface area contributed by atoms with Crippen LogP contribution in [0.25, 0.3) is 0 Å². The van der Waals surface area contributed by atoms with Crippen molar-refractivity contribution in [3.8, 4) is 0 Å². The molecule has 4 rings (SSSR count). The number of fused-ring (bicyclic) bond motifs is 1. The summed E-state index contributed by atoms with van der Waals surface area (Å²) in [4.78, 5) is 42.1. The fraction of sp³-hybridized carbons (Fsp3) is 0.640. The lowest BCUT2D eigenvalue weighted by Gasteiger charge is -2.42. The van der Waals surface area contributed by atoms with Crippen molar-refractivity contribution in [1.29, 1.82) is 0 Å². The number of hydrogen-bond donors (Lipinski definition) is 2. The molecule has 1 aromatic rings. The lowest BCUT2D eigenvalue weighted by molar-refractivity contribution is -0.139. The van der Waals surface area contributed by atoms with Crippen molar-refractivity contribution in [2.75, 3.05) is 32.7 Å². The molecule has 174 valence electrons. The van der Waals surface area contributed by atoms with Gasteiger partial charge in [0.05, 0.1) is 5.92 Å². The molecular weight excluding hydrogens is 404 g/mol. The first-order valence-electron chi connectivity index (χ1n) is 12.2. The number of benzene rings is 1. The summed E-state index contributed by atoms with van der Waals surface area (Å²) >= 11 is 0. The maximum Gasteiger partial charge on any atom is 0.324 e. The number of hydrogen-bond acceptors (Lipinski definition) is 4. The molecule has 1 aromatic carbocycles. The molecule has 3 atom stereocenters. The van der Waals surface area contributed by atoms with E-state index < -0.39 is 0 Å². The molecule has 0 aromatic heterocycles. The van der Waals surface area contributed by atoms with Crippen molar-refractivity contribution in [3.63, 3.8) is 0 Å². The highest BCUT2D eigenvalue weighted by Gasteiger charge is 2.45. The molecule has 3 aliphatic rings. The van der Waals surface area contributed by atoms with Crippen LogP contribution < -0.4 is 10.6 Å². The van der Waals surface area contributed by atoms with Gasteiger partial charge in [-0.1, -0.05) is 37.3 Å². The van der Waals surface area contributed by atoms with Gasteiger partial charge < -0.3 is 15.5 Å². The van der Waals surface area contributed by atoms with Gasteiger partial charge in [0.25, 0.3) is 0 Å². The van der Waals surface area contributed by atoms with Crippen molar-refractivity contribution in [3.05, 3.63) is 35.9 Å². The number of rotatable bonds is 7. The fourth-order valence-electron chi connectivity index (χ4n) is 5.27. The zero-order valence-electron chi connectivity index (χ0n) is 19.1. The number of nitrogens with zero attached hydrogens (tertiary/aromatic N) is 2. The van der Waals surface area contributed by atoms with Crippen LogP contribution in [0.3, 0.4) is 0 Å². The highest BCUT2D eigenvalue weighted by molar-refractivity contribution is 5.99. The lowest BCUT2D eigenvalue weighted by Crippen LogP contribution is -2.62. The molecule has 1 aliphatic carbocycles. The van der Waals surface area contributed by atoms with Crippen LogP contribution >= 0.6 is 0 Å². The van der Waals surface area contributed by atoms with E-state index in [1.54, 1.807) is 0 Å². The number of carbonyl (C=O) groups excluding carboxylic acids is 3. The van der Waals surface area contributed by atoms with Crippen LogP contribution in [-0.2, 0) is 16.0 Å². The summed E-state index contributed by atoms with van der Waals surface area (Å²) in [5.74, 6) is 0.415. The fourth-order valence-corrected chi connectivity index (χ4v) is 5.27. The van der Waals surface area contributed by atoms with E-state index in [9.17, 15) is 14.4 Å². The third kappa shape index (κ3) is 5.49. The largest absolute Gasteiger partial charge is 0.355 e. The maximum atomic E-state index is 13.0. The Kier molecular flexibility index (Phi) is 7.45. The molecule has 2 heterocycles. The van der Waals surface area contributed by atoms with Gasteiger partial charge in [-0.05, 0) is 63.1 Å². The monoisotopic (exact) mass is 440 g/mol. The Balaban J connectivity index is 1.23. The van der Waals surface area contributed by atoms with E-state index in [4.69, 9.17) is 0 Å². The molecule has 2 N–H and O–H groups in total. The number of urea groups is 1. The predicted octanol–water partition coefficient (Wildman–Crippen LogP) is 2.41. The van der Waals surface area contributed by atoms with E-state index in [0.717, 1.165) is 31.1 Å². The van der Waals surface area contributed by atoms with Gasteiger partial charge in [-0.2, -0.15) is 0 Å². The second kappa shape index (κ2) is 10.5. The van der Waals surface area contributed by atoms with Crippen molar-refractivity contribution in [2.45, 2.75) is 51.5 Å². The summed E-state index contributed by atoms with van der Waals surface area (Å²) in [6.07, 6.45) is 5.00. The van der Waals surface area contributed by atoms with Crippen LogP contribution in [-0.4, -0.2) is 66.4 Å². The van der Waals surface area contributed by atoms with Crippen molar-refractivity contribution in [1.82, 2.24) is 20.4 Å². The zero-order valence-corrected chi connectivity index (χ0v) is 19.1. The Bertz CT molecular complexity index is 807. The van der Waals surface area contributed by atoms with E-state index in [1.807, 2.05) is 30.3 Å². The van der Waals surface area contributed by atoms with Gasteiger partial charge in [0, 0.05) is 31.6 Å². The molecule has 2 aliphatic heterocycles. The summed E-state index contributed by atoms with van der Waals surface area (Å²) in [5, 5.41) is 6.10. The zero-order chi connectivity index (χ0) is 22.5. The molecular formula is C25H36N4O3. The smallest absolute Gasteiger partial charge is 0.324 e. The molecule has 0 radical (unpaired) electrons. The second-order valence-electron chi connectivity index (χ2n) is 9.71. The molecule has 3 fully saturated rings. The third-order valence-corrected chi connectivity index (χ3v) is 7.43. The summed E-state index contributed by atoms with van der Waals surface area (Å²) in [5.41, 5.74) is 1.11. The Hall–Kier alpha value is -2.41. The number of nitrogens with one attached hydrogen (secondary N) is 2. The molecule has 7 heteroatoms. The van der Waals surface area contributed by atoms with Crippen molar-refractivity contribution in [2.24, 2.45) is 17.8 Å². The lowest BCUT2D eigenvalue weighted by atomic mass is 9.76. The average molecular weight is 441 g/mol. The number of imide groups is 1. The summed E-state index contributed by atoms with van der Waals surface area (Å²) in [6, 6.07) is 9.32. The van der Waals surface area contributed by atoms with Crippen LogP contribution in [0.5, 0.6) is 0 Å². The van der Waals surface area contributed by atoms with Gasteiger partial charge in [0.2, 0.25) is 11.8 Å². The van der Waals surface area contributed by atoms with Crippen LogP contribution in [0.1, 0.15) is 44.6 Å². The maximum absolute atomic E-state index is 13.0. The molecule has 3 unspecified atom stereocenters. The Morgan fingerprint density at radius 1 is 1.06 bits per heavy atom. The first kappa shape index (κ1) is 22.8. The highest BCUT2D eigenvalue weighted by Crippen LogP contribution is 2.33. The number of likely N-dealkylation sites (tertiary alicyclic amines) is 1. The van der Waals surface area contributed by atoms with Gasteiger partial charge in [-0.15, -0.1) is 0 Å². The van der Waals surface area contributed by atoms with E-state index in [0.29, 0.717) is 38.8 Å². The van der Waals surface area contributed by atoms with Crippen LogP contribution in [0.2, 0.25) is 0 Å². The molecule has 2 saturated heterocycles. The minimum absolute atomic E-state index is 0.0574. The normalized spacial score (nSPS) is 27.0. The summed E-state index contributed by atoms with van der Waals surface area (Å²) in [7, 11) is 0. The third-order valence-electron chi connectivity index (χ3n) is 7.43. The molecule has 0 bridgehead atoms. The van der Waals surface area contributed by atoms with Crippen LogP contribution in [0.4, 0.5) is 4.79 Å². The Morgan fingerprint density at radius 2 is 1.81 bits per heavy atom. The number of carbonyl (C=O) groups is 3. The van der Waals surface area contributed by atoms with Crippen LogP contribution in [0, 0.1) is 17.8 Å². The molecule has 0 spiro atoms. The second-order valence-corrected chi connectivity index (χ2v) is 9.71. The van der Waals surface area contributed by atoms with Gasteiger partial charge in [0.15, 0.2) is 0 Å². The molecule has 4 amide bonds. The van der Waals surface area contributed by atoms with Gasteiger partial charge in [0.1, 0.15) is 0 Å². The quantitative estimate of drug-likeness (QED) is 0.682.